The fourth-order valence-electron chi connectivity index (χ4n) is 4.72. The molecule has 2 aromatic heterocycles. The van der Waals surface area contributed by atoms with Crippen LogP contribution >= 0.6 is 0 Å². The topological polar surface area (TPSA) is 151 Å². The fraction of sp³-hybridized carbons (Fsp3) is 0.310. The molecule has 14 heteroatoms. The number of nitrogens with zero attached hydrogens (tertiary/aromatic N) is 3. The number of nitrogens with two attached hydrogens (primary N) is 1. The Kier molecular flexibility index (Phi) is 9.32. The number of pyridine rings is 1. The van der Waals surface area contributed by atoms with Crippen molar-refractivity contribution in [1.29, 1.82) is 0 Å². The molecule has 0 spiro atoms. The van der Waals surface area contributed by atoms with Crippen molar-refractivity contribution in [2.24, 2.45) is 0 Å². The molecule has 0 aliphatic heterocycles. The highest BCUT2D eigenvalue weighted by Crippen LogP contribution is 2.26. The summed E-state index contributed by atoms with van der Waals surface area (Å²) in [4.78, 5) is 16.1. The van der Waals surface area contributed by atoms with E-state index >= 15 is 0 Å². The molecule has 230 valence electrons. The molecule has 10 nitrogen and oxygen atoms in total. The van der Waals surface area contributed by atoms with Crippen molar-refractivity contribution < 1.29 is 36.6 Å². The van der Waals surface area contributed by atoms with Gasteiger partial charge in [-0.3, -0.25) is 4.31 Å². The number of hydrogen-bond donors (Lipinski definition) is 4. The number of carboxylic acid groups (broad SMARTS) is 1. The van der Waals surface area contributed by atoms with Crippen LogP contribution < -0.4 is 15.4 Å². The number of fused-ring (bicyclic) bond motifs is 1. The molecule has 0 saturated carbocycles. The zero-order chi connectivity index (χ0) is 31.5. The van der Waals surface area contributed by atoms with Crippen molar-refractivity contribution >= 4 is 38.4 Å². The first-order chi connectivity index (χ1) is 20.1. The van der Waals surface area contributed by atoms with Crippen molar-refractivity contribution in [2.45, 2.75) is 38.2 Å². The van der Waals surface area contributed by atoms with E-state index in [4.69, 9.17) is 5.73 Å². The molecule has 4 aromatic rings. The van der Waals surface area contributed by atoms with E-state index < -0.39 is 34.0 Å². The minimum atomic E-state index is -4.87. The maximum Gasteiger partial charge on any atom is 0.404 e. The van der Waals surface area contributed by atoms with Crippen molar-refractivity contribution in [3.05, 3.63) is 89.2 Å². The van der Waals surface area contributed by atoms with E-state index in [9.17, 15) is 36.6 Å². The average molecular weight is 620 g/mol. The Bertz CT molecular complexity index is 1690. The number of halogens is 3. The number of rotatable bonds is 12. The Balaban J connectivity index is 1.47. The van der Waals surface area contributed by atoms with E-state index in [-0.39, 0.29) is 24.0 Å². The number of hydrogen-bond acceptors (Lipinski definition) is 7. The van der Waals surface area contributed by atoms with E-state index in [2.05, 4.69) is 10.3 Å². The van der Waals surface area contributed by atoms with Crippen LogP contribution in [0.4, 0.5) is 24.7 Å². The van der Waals surface area contributed by atoms with E-state index in [1.165, 1.54) is 18.3 Å². The first kappa shape index (κ1) is 31.8. The second-order valence-corrected chi connectivity index (χ2v) is 12.4. The number of aliphatic hydroxyl groups is 1. The summed E-state index contributed by atoms with van der Waals surface area (Å²) in [7, 11) is -3.57. The third kappa shape index (κ3) is 8.03. The molecular formula is C29H32F3N5O5S. The number of aromatic nitrogens is 2. The molecule has 0 aliphatic carbocycles. The molecule has 2 aromatic carbocycles. The predicted molar refractivity (Wildman–Crippen MR) is 157 cm³/mol. The molecular weight excluding hydrogens is 587 g/mol. The summed E-state index contributed by atoms with van der Waals surface area (Å²) >= 11 is 0. The number of carbonyl (C=O) groups is 1. The summed E-state index contributed by atoms with van der Waals surface area (Å²) in [6.45, 7) is 2.42. The van der Waals surface area contributed by atoms with Crippen molar-refractivity contribution in [3.8, 4) is 0 Å². The Morgan fingerprint density at radius 3 is 2.37 bits per heavy atom. The third-order valence-corrected chi connectivity index (χ3v) is 8.72. The standard InChI is InChI=1S/C29H32F3N5O5S/c1-18(34-15-26(38)21-6-10-27(33)35-14-21)11-20-5-9-24-22(12-20)13-25(28(39)40)37(24)16-19-3-7-23(8-4-19)36(2)43(41,42)17-29(30,31)32/h3-10,12-14,18,26,34,38H,11,15-17H2,1-2H3,(H2,33,35)(H,39,40). The smallest absolute Gasteiger partial charge is 0.404 e. The maximum atomic E-state index is 12.7. The van der Waals surface area contributed by atoms with Crippen LogP contribution in [0.3, 0.4) is 0 Å². The second-order valence-electron chi connectivity index (χ2n) is 10.4. The van der Waals surface area contributed by atoms with Gasteiger partial charge in [0, 0.05) is 48.8 Å². The minimum absolute atomic E-state index is 0.00790. The summed E-state index contributed by atoms with van der Waals surface area (Å²) in [5.41, 5.74) is 8.59. The molecule has 2 unspecified atom stereocenters. The van der Waals surface area contributed by atoms with Crippen molar-refractivity contribution in [1.82, 2.24) is 14.9 Å². The first-order valence-corrected chi connectivity index (χ1v) is 14.8. The number of anilines is 2. The van der Waals surface area contributed by atoms with Crippen LogP contribution in [0.5, 0.6) is 0 Å². The van der Waals surface area contributed by atoms with Crippen LogP contribution in [0.25, 0.3) is 10.9 Å². The SMILES string of the molecule is CC(Cc1ccc2c(c1)cc(C(=O)O)n2Cc1ccc(N(C)S(=O)(=O)CC(F)(F)F)cc1)NCC(O)c1ccc(N)nc1. The largest absolute Gasteiger partial charge is 0.477 e. The summed E-state index contributed by atoms with van der Waals surface area (Å²) in [6, 6.07) is 16.4. The molecule has 0 amide bonds. The monoisotopic (exact) mass is 619 g/mol. The number of aliphatic hydroxyl groups excluding tert-OH is 1. The number of carboxylic acids is 1. The highest BCUT2D eigenvalue weighted by atomic mass is 32.2. The van der Waals surface area contributed by atoms with Gasteiger partial charge in [0.25, 0.3) is 0 Å². The van der Waals surface area contributed by atoms with E-state index in [1.807, 2.05) is 25.1 Å². The molecule has 0 radical (unpaired) electrons. The van der Waals surface area contributed by atoms with Gasteiger partial charge in [-0.15, -0.1) is 0 Å². The van der Waals surface area contributed by atoms with Crippen LogP contribution in [-0.2, 0) is 23.0 Å². The highest BCUT2D eigenvalue weighted by Gasteiger charge is 2.37. The second kappa shape index (κ2) is 12.6. The van der Waals surface area contributed by atoms with Gasteiger partial charge in [-0.05, 0) is 60.9 Å². The molecule has 5 N–H and O–H groups in total. The lowest BCUT2D eigenvalue weighted by Gasteiger charge is -2.20. The first-order valence-electron chi connectivity index (χ1n) is 13.2. The van der Waals surface area contributed by atoms with E-state index in [0.29, 0.717) is 45.1 Å². The highest BCUT2D eigenvalue weighted by molar-refractivity contribution is 7.92. The van der Waals surface area contributed by atoms with Gasteiger partial charge in [-0.1, -0.05) is 24.3 Å². The van der Waals surface area contributed by atoms with Gasteiger partial charge in [-0.2, -0.15) is 13.2 Å². The number of aromatic carboxylic acids is 1. The van der Waals surface area contributed by atoms with Gasteiger partial charge in [0.2, 0.25) is 10.0 Å². The third-order valence-electron chi connectivity index (χ3n) is 6.98. The molecule has 0 aliphatic rings. The number of sulfonamides is 1. The Morgan fingerprint density at radius 2 is 1.77 bits per heavy atom. The Hall–Kier alpha value is -4.14. The lowest BCUT2D eigenvalue weighted by atomic mass is 10.0. The number of nitrogen functional groups attached to an aromatic ring is 1. The lowest BCUT2D eigenvalue weighted by Crippen LogP contribution is -2.35. The van der Waals surface area contributed by atoms with Gasteiger partial charge in [0.15, 0.2) is 5.75 Å². The molecule has 0 fully saturated rings. The van der Waals surface area contributed by atoms with Crippen LogP contribution in [0.2, 0.25) is 0 Å². The fourth-order valence-corrected chi connectivity index (χ4v) is 5.77. The van der Waals surface area contributed by atoms with E-state index in [0.717, 1.165) is 12.6 Å². The Labute approximate surface area is 246 Å². The zero-order valence-electron chi connectivity index (χ0n) is 23.4. The van der Waals surface area contributed by atoms with Crippen molar-refractivity contribution in [2.75, 3.05) is 29.4 Å². The molecule has 0 saturated heterocycles. The molecule has 2 heterocycles. The van der Waals surface area contributed by atoms with Gasteiger partial charge in [0.05, 0.1) is 11.8 Å². The van der Waals surface area contributed by atoms with Crippen LogP contribution in [0.1, 0.15) is 40.2 Å². The van der Waals surface area contributed by atoms with Gasteiger partial charge in [0.1, 0.15) is 11.5 Å². The summed E-state index contributed by atoms with van der Waals surface area (Å²) in [6.07, 6.45) is -3.49. The molecule has 2 atom stereocenters. The molecule has 0 bridgehead atoms. The molecule has 43 heavy (non-hydrogen) atoms. The lowest BCUT2D eigenvalue weighted by molar-refractivity contribution is -0.106. The normalized spacial score (nSPS) is 13.6. The quantitative estimate of drug-likeness (QED) is 0.186. The van der Waals surface area contributed by atoms with Crippen LogP contribution in [-0.4, -0.2) is 65.7 Å². The van der Waals surface area contributed by atoms with Crippen LogP contribution in [0, 0.1) is 0 Å². The minimum Gasteiger partial charge on any atom is -0.477 e. The van der Waals surface area contributed by atoms with Crippen molar-refractivity contribution in [3.63, 3.8) is 0 Å². The summed E-state index contributed by atoms with van der Waals surface area (Å²) in [5.74, 6) is -2.74. The summed E-state index contributed by atoms with van der Waals surface area (Å²) < 4.78 is 64.4. The summed E-state index contributed by atoms with van der Waals surface area (Å²) in [5, 5.41) is 24.3. The average Bonchev–Trinajstić information content (AvgIpc) is 3.28. The van der Waals surface area contributed by atoms with Gasteiger partial charge < -0.3 is 25.8 Å². The van der Waals surface area contributed by atoms with Gasteiger partial charge >= 0.3 is 12.1 Å². The molecule has 4 rings (SSSR count). The van der Waals surface area contributed by atoms with Crippen LogP contribution in [0.15, 0.2) is 66.9 Å². The predicted octanol–water partition coefficient (Wildman–Crippen LogP) is 3.95. The maximum absolute atomic E-state index is 12.7. The number of alkyl halides is 3. The zero-order valence-corrected chi connectivity index (χ0v) is 24.2. The Morgan fingerprint density at radius 1 is 1.09 bits per heavy atom. The van der Waals surface area contributed by atoms with Gasteiger partial charge in [-0.25, -0.2) is 18.2 Å². The van der Waals surface area contributed by atoms with E-state index in [1.54, 1.807) is 34.9 Å². The number of nitrogens with one attached hydrogen (secondary N) is 1. The number of benzene rings is 2.